The van der Waals surface area contributed by atoms with Crippen molar-refractivity contribution in [3.8, 4) is 0 Å². The fourth-order valence-corrected chi connectivity index (χ4v) is 5.41. The average Bonchev–Trinajstić information content (AvgIpc) is 2.45. The molecule has 0 aliphatic carbocycles. The minimum atomic E-state index is -3.29. The van der Waals surface area contributed by atoms with Crippen molar-refractivity contribution in [1.82, 2.24) is 0 Å². The lowest BCUT2D eigenvalue weighted by molar-refractivity contribution is 0.104. The van der Waals surface area contributed by atoms with Crippen molar-refractivity contribution in [2.75, 3.05) is 0 Å². The van der Waals surface area contributed by atoms with Gasteiger partial charge >= 0.3 is 0 Å². The van der Waals surface area contributed by atoms with Gasteiger partial charge in [0.25, 0.3) is 0 Å². The Hall–Kier alpha value is -0.450. The molecule has 22 heavy (non-hydrogen) atoms. The Bertz CT molecular complexity index is 703. The summed E-state index contributed by atoms with van der Waals surface area (Å²) in [7, 11) is -3.29. The summed E-state index contributed by atoms with van der Waals surface area (Å²) >= 11 is 18.3. The zero-order chi connectivity index (χ0) is 16.4. The van der Waals surface area contributed by atoms with Crippen LogP contribution in [-0.2, 0) is 4.57 Å². The van der Waals surface area contributed by atoms with Gasteiger partial charge in [0, 0.05) is 8.95 Å². The summed E-state index contributed by atoms with van der Waals surface area (Å²) in [5, 5.41) is 0.129. The van der Waals surface area contributed by atoms with E-state index >= 15 is 0 Å². The van der Waals surface area contributed by atoms with Crippen LogP contribution in [-0.4, -0.2) is 11.0 Å². The summed E-state index contributed by atoms with van der Waals surface area (Å²) in [5.41, 5.74) is -1.55. The quantitative estimate of drug-likeness (QED) is 0.496. The molecule has 0 bridgehead atoms. The molecule has 0 radical (unpaired) electrons. The summed E-state index contributed by atoms with van der Waals surface area (Å²) in [5.74, 6) is 0. The molecule has 0 aliphatic rings. The number of benzene rings is 2. The van der Waals surface area contributed by atoms with Gasteiger partial charge in [-0.25, -0.2) is 0 Å². The zero-order valence-corrected chi connectivity index (χ0v) is 16.4. The maximum absolute atomic E-state index is 12.4. The van der Waals surface area contributed by atoms with Gasteiger partial charge in [0.05, 0.1) is 21.2 Å². The molecule has 0 heterocycles. The Morgan fingerprint density at radius 1 is 0.818 bits per heavy atom. The third-order valence-corrected chi connectivity index (χ3v) is 6.07. The molecule has 0 aliphatic heterocycles. The van der Waals surface area contributed by atoms with Gasteiger partial charge in [-0.2, -0.15) is 0 Å². The zero-order valence-electron chi connectivity index (χ0n) is 10.7. The predicted octanol–water partition coefficient (Wildman–Crippen LogP) is 6.06. The van der Waals surface area contributed by atoms with Gasteiger partial charge in [-0.15, -0.1) is 0 Å². The van der Waals surface area contributed by atoms with Crippen LogP contribution < -0.4 is 0 Å². The van der Waals surface area contributed by atoms with Crippen LogP contribution in [0.15, 0.2) is 45.3 Å². The monoisotopic (exact) mass is 482 g/mol. The van der Waals surface area contributed by atoms with Crippen molar-refractivity contribution < 1.29 is 14.2 Å². The Morgan fingerprint density at radius 3 is 1.73 bits per heavy atom. The van der Waals surface area contributed by atoms with E-state index in [0.29, 0.717) is 8.95 Å². The molecule has 3 nitrogen and oxygen atoms in total. The standard InChI is InChI=1S/C14H7Br2Cl2O3P/c15-7-3-1-4-8(16)11(7)13(19)22(21)14(20)12-9(17)5-2-6-10(12)18/h1-6,22H. The van der Waals surface area contributed by atoms with Gasteiger partial charge in [0.15, 0.2) is 0 Å². The van der Waals surface area contributed by atoms with Gasteiger partial charge in [0.2, 0.25) is 18.8 Å². The maximum atomic E-state index is 12.4. The molecule has 0 saturated heterocycles. The molecule has 1 atom stereocenters. The maximum Gasteiger partial charge on any atom is 0.229 e. The fraction of sp³-hybridized carbons (Fsp3) is 0. The second-order valence-corrected chi connectivity index (χ2v) is 8.27. The van der Waals surface area contributed by atoms with Crippen LogP contribution in [0.3, 0.4) is 0 Å². The van der Waals surface area contributed by atoms with E-state index in [0.717, 1.165) is 0 Å². The number of rotatable bonds is 4. The Kier molecular flexibility index (Phi) is 6.03. The molecular weight excluding hydrogens is 478 g/mol. The average molecular weight is 485 g/mol. The number of carbonyl (C=O) groups is 2. The van der Waals surface area contributed by atoms with Gasteiger partial charge < -0.3 is 4.57 Å². The smallest absolute Gasteiger partial charge is 0.229 e. The fourth-order valence-electron chi connectivity index (χ4n) is 1.76. The van der Waals surface area contributed by atoms with Crippen molar-refractivity contribution in [2.24, 2.45) is 0 Å². The number of halogens is 4. The van der Waals surface area contributed by atoms with Gasteiger partial charge in [-0.3, -0.25) is 9.59 Å². The molecule has 8 heteroatoms. The van der Waals surface area contributed by atoms with Crippen LogP contribution in [0.2, 0.25) is 10.0 Å². The normalized spacial score (nSPS) is 12.0. The van der Waals surface area contributed by atoms with Crippen molar-refractivity contribution in [2.45, 2.75) is 0 Å². The highest BCUT2D eigenvalue weighted by atomic mass is 79.9. The van der Waals surface area contributed by atoms with Crippen LogP contribution in [0.1, 0.15) is 20.7 Å². The van der Waals surface area contributed by atoms with Crippen LogP contribution in [0.25, 0.3) is 0 Å². The summed E-state index contributed by atoms with van der Waals surface area (Å²) in [6.07, 6.45) is 0. The van der Waals surface area contributed by atoms with E-state index in [1.165, 1.54) is 12.1 Å². The summed E-state index contributed by atoms with van der Waals surface area (Å²) < 4.78 is 13.3. The highest BCUT2D eigenvalue weighted by molar-refractivity contribution is 9.11. The van der Waals surface area contributed by atoms with Crippen LogP contribution in [0.4, 0.5) is 0 Å². The van der Waals surface area contributed by atoms with Crippen molar-refractivity contribution in [3.05, 3.63) is 66.5 Å². The molecule has 0 fully saturated rings. The lowest BCUT2D eigenvalue weighted by atomic mass is 10.2. The van der Waals surface area contributed by atoms with E-state index in [2.05, 4.69) is 31.9 Å². The van der Waals surface area contributed by atoms with Gasteiger partial charge in [-0.1, -0.05) is 35.3 Å². The Balaban J connectivity index is 2.44. The lowest BCUT2D eigenvalue weighted by Gasteiger charge is -2.08. The Labute approximate surface area is 154 Å². The molecule has 0 saturated carbocycles. The van der Waals surface area contributed by atoms with Crippen molar-refractivity contribution in [3.63, 3.8) is 0 Å². The van der Waals surface area contributed by atoms with Crippen LogP contribution in [0, 0.1) is 0 Å². The molecule has 0 aromatic heterocycles. The first-order valence-electron chi connectivity index (χ1n) is 5.86. The van der Waals surface area contributed by atoms with E-state index in [1.807, 2.05) is 0 Å². The SMILES string of the molecule is O=C(c1c(Cl)cccc1Cl)[PH](=O)C(=O)c1c(Br)cccc1Br. The topological polar surface area (TPSA) is 51.2 Å². The first kappa shape index (κ1) is 17.9. The summed E-state index contributed by atoms with van der Waals surface area (Å²) in [4.78, 5) is 24.7. The third-order valence-electron chi connectivity index (χ3n) is 2.79. The van der Waals surface area contributed by atoms with Crippen molar-refractivity contribution in [1.29, 1.82) is 0 Å². The van der Waals surface area contributed by atoms with E-state index in [-0.39, 0.29) is 21.2 Å². The van der Waals surface area contributed by atoms with E-state index in [4.69, 9.17) is 23.2 Å². The Morgan fingerprint density at radius 2 is 1.23 bits per heavy atom. The third kappa shape index (κ3) is 3.55. The first-order chi connectivity index (χ1) is 10.3. The molecule has 114 valence electrons. The van der Waals surface area contributed by atoms with E-state index in [9.17, 15) is 14.2 Å². The molecule has 0 amide bonds. The molecule has 0 N–H and O–H groups in total. The van der Waals surface area contributed by atoms with Gasteiger partial charge in [0.1, 0.15) is 0 Å². The van der Waals surface area contributed by atoms with Crippen LogP contribution in [0.5, 0.6) is 0 Å². The summed E-state index contributed by atoms with van der Waals surface area (Å²) in [6.45, 7) is 0. The highest BCUT2D eigenvalue weighted by Gasteiger charge is 2.29. The highest BCUT2D eigenvalue weighted by Crippen LogP contribution is 2.40. The number of hydrogen-bond acceptors (Lipinski definition) is 3. The second-order valence-electron chi connectivity index (χ2n) is 4.18. The predicted molar refractivity (Wildman–Crippen MR) is 96.0 cm³/mol. The first-order valence-corrected chi connectivity index (χ1v) is 9.61. The molecule has 1 unspecified atom stereocenters. The largest absolute Gasteiger partial charge is 0.310 e. The minimum absolute atomic E-state index is 0.0647. The second kappa shape index (κ2) is 7.41. The molecule has 2 aromatic carbocycles. The lowest BCUT2D eigenvalue weighted by Crippen LogP contribution is -2.04. The van der Waals surface area contributed by atoms with Crippen molar-refractivity contribution >= 4 is 73.9 Å². The number of hydrogen-bond donors (Lipinski definition) is 0. The van der Waals surface area contributed by atoms with E-state index < -0.39 is 18.8 Å². The molecule has 0 spiro atoms. The minimum Gasteiger partial charge on any atom is -0.310 e. The number of carbonyl (C=O) groups excluding carboxylic acids is 2. The molecular formula is C14H7Br2Cl2O3P. The molecule has 2 rings (SSSR count). The van der Waals surface area contributed by atoms with Crippen LogP contribution >= 0.6 is 62.9 Å². The summed E-state index contributed by atoms with van der Waals surface area (Å²) in [6, 6.07) is 9.42. The molecule has 2 aromatic rings. The van der Waals surface area contributed by atoms with Gasteiger partial charge in [-0.05, 0) is 56.1 Å². The van der Waals surface area contributed by atoms with E-state index in [1.54, 1.807) is 24.3 Å².